The molecule has 10 heteroatoms. The molecule has 7 nitrogen and oxygen atoms in total. The quantitative estimate of drug-likeness (QED) is 0.491. The van der Waals surface area contributed by atoms with Crippen molar-refractivity contribution >= 4 is 51.3 Å². The van der Waals surface area contributed by atoms with Gasteiger partial charge >= 0.3 is 0 Å². The van der Waals surface area contributed by atoms with Gasteiger partial charge in [0.1, 0.15) is 10.7 Å². The number of rotatable bonds is 3. The monoisotopic (exact) mass is 367 g/mol. The van der Waals surface area contributed by atoms with Crippen LogP contribution in [0.4, 0.5) is 15.2 Å². The fraction of sp³-hybridized carbons (Fsp3) is 0.143. The molecule has 2 rings (SSSR count). The molecule has 1 aromatic carbocycles. The molecule has 0 saturated heterocycles. The van der Waals surface area contributed by atoms with E-state index >= 15 is 0 Å². The molecule has 2 aromatic rings. The lowest BCUT2D eigenvalue weighted by Gasteiger charge is -2.11. The van der Waals surface area contributed by atoms with Crippen molar-refractivity contribution < 1.29 is 14.0 Å². The molecule has 0 radical (unpaired) electrons. The summed E-state index contributed by atoms with van der Waals surface area (Å²) in [5.41, 5.74) is 6.03. The number of carbonyl (C=O) groups excluding carboxylic acids is 2. The fourth-order valence-corrected chi connectivity index (χ4v) is 2.75. The minimum Gasteiger partial charge on any atom is -0.331 e. The van der Waals surface area contributed by atoms with Crippen LogP contribution in [-0.2, 0) is 4.79 Å². The molecule has 0 atom stereocenters. The second-order valence-electron chi connectivity index (χ2n) is 4.65. The Bertz CT molecular complexity index is 776. The van der Waals surface area contributed by atoms with Gasteiger partial charge in [-0.2, -0.15) is 0 Å². The third kappa shape index (κ3) is 4.96. The number of halogens is 1. The lowest BCUT2D eigenvalue weighted by atomic mass is 10.3. The van der Waals surface area contributed by atoms with E-state index in [9.17, 15) is 14.0 Å². The number of amides is 2. The Morgan fingerprint density at radius 2 is 1.83 bits per heavy atom. The van der Waals surface area contributed by atoms with Crippen molar-refractivity contribution in [1.29, 1.82) is 0 Å². The number of benzene rings is 1. The standard InChI is InChI=1S/C14H14FN5O2S2/c1-7-11(24-14(16-7)17-8(2)21)12(22)19-20-13(23)18-10-5-3-9(15)4-6-10/h3-6H,1-2H3,(H,19,22)(H,16,17,21)(H2,18,20,23). The molecule has 24 heavy (non-hydrogen) atoms. The molecule has 0 bridgehead atoms. The molecule has 4 N–H and O–H groups in total. The van der Waals surface area contributed by atoms with Gasteiger partial charge in [0.2, 0.25) is 5.91 Å². The first-order valence-corrected chi connectivity index (χ1v) is 7.95. The highest BCUT2D eigenvalue weighted by molar-refractivity contribution is 7.80. The topological polar surface area (TPSA) is 95.2 Å². The van der Waals surface area contributed by atoms with Crippen molar-refractivity contribution in [2.75, 3.05) is 10.6 Å². The molecule has 2 amide bonds. The summed E-state index contributed by atoms with van der Waals surface area (Å²) in [5.74, 6) is -1.06. The van der Waals surface area contributed by atoms with E-state index in [2.05, 4.69) is 26.5 Å². The van der Waals surface area contributed by atoms with Crippen molar-refractivity contribution in [1.82, 2.24) is 15.8 Å². The Balaban J connectivity index is 1.90. The van der Waals surface area contributed by atoms with Gasteiger partial charge < -0.3 is 10.6 Å². The van der Waals surface area contributed by atoms with Crippen LogP contribution < -0.4 is 21.5 Å². The molecular formula is C14H14FN5O2S2. The van der Waals surface area contributed by atoms with Gasteiger partial charge in [0.15, 0.2) is 10.2 Å². The molecule has 0 unspecified atom stereocenters. The first-order chi connectivity index (χ1) is 11.3. The number of aryl methyl sites for hydroxylation is 1. The fourth-order valence-electron chi connectivity index (χ4n) is 1.68. The van der Waals surface area contributed by atoms with E-state index in [4.69, 9.17) is 12.2 Å². The summed E-state index contributed by atoms with van der Waals surface area (Å²) in [6.07, 6.45) is 0. The highest BCUT2D eigenvalue weighted by Crippen LogP contribution is 2.22. The van der Waals surface area contributed by atoms with Crippen LogP contribution in [0.15, 0.2) is 24.3 Å². The zero-order valence-corrected chi connectivity index (χ0v) is 14.4. The minimum absolute atomic E-state index is 0.138. The number of thiocarbonyl (C=S) groups is 1. The molecule has 0 aliphatic carbocycles. The molecule has 126 valence electrons. The molecule has 0 aliphatic rings. The molecule has 0 spiro atoms. The smallest absolute Gasteiger partial charge is 0.281 e. The van der Waals surface area contributed by atoms with E-state index in [0.29, 0.717) is 21.4 Å². The van der Waals surface area contributed by atoms with Gasteiger partial charge in [0, 0.05) is 12.6 Å². The van der Waals surface area contributed by atoms with Gasteiger partial charge in [0.25, 0.3) is 5.91 Å². The van der Waals surface area contributed by atoms with E-state index < -0.39 is 5.91 Å². The normalized spacial score (nSPS) is 9.96. The predicted molar refractivity (Wildman–Crippen MR) is 94.4 cm³/mol. The number of carbonyl (C=O) groups is 2. The third-order valence-corrected chi connectivity index (χ3v) is 3.95. The van der Waals surface area contributed by atoms with Crippen molar-refractivity contribution in [3.63, 3.8) is 0 Å². The second-order valence-corrected chi connectivity index (χ2v) is 6.06. The van der Waals surface area contributed by atoms with E-state index in [1.807, 2.05) is 0 Å². The Morgan fingerprint density at radius 3 is 2.46 bits per heavy atom. The number of aromatic nitrogens is 1. The molecule has 0 fully saturated rings. The maximum atomic E-state index is 12.8. The Hall–Kier alpha value is -2.59. The lowest BCUT2D eigenvalue weighted by Crippen LogP contribution is -2.43. The zero-order chi connectivity index (χ0) is 17.7. The number of hydrogen-bond donors (Lipinski definition) is 4. The molecular weight excluding hydrogens is 353 g/mol. The average molecular weight is 367 g/mol. The Morgan fingerprint density at radius 1 is 1.17 bits per heavy atom. The summed E-state index contributed by atoms with van der Waals surface area (Å²) < 4.78 is 12.8. The molecule has 1 heterocycles. The number of hydrazine groups is 1. The van der Waals surface area contributed by atoms with Crippen molar-refractivity contribution in [2.45, 2.75) is 13.8 Å². The highest BCUT2D eigenvalue weighted by atomic mass is 32.1. The van der Waals surface area contributed by atoms with Crippen LogP contribution in [0.25, 0.3) is 0 Å². The van der Waals surface area contributed by atoms with Gasteiger partial charge in [-0.15, -0.1) is 0 Å². The predicted octanol–water partition coefficient (Wildman–Crippen LogP) is 2.18. The lowest BCUT2D eigenvalue weighted by molar-refractivity contribution is -0.114. The molecule has 1 aromatic heterocycles. The SMILES string of the molecule is CC(=O)Nc1nc(C)c(C(=O)NNC(=S)Nc2ccc(F)cc2)s1. The van der Waals surface area contributed by atoms with Crippen LogP contribution in [-0.4, -0.2) is 21.9 Å². The minimum atomic E-state index is -0.440. The van der Waals surface area contributed by atoms with Crippen LogP contribution in [0, 0.1) is 12.7 Å². The van der Waals surface area contributed by atoms with E-state index in [1.54, 1.807) is 6.92 Å². The highest BCUT2D eigenvalue weighted by Gasteiger charge is 2.16. The van der Waals surface area contributed by atoms with Gasteiger partial charge in [0.05, 0.1) is 5.69 Å². The number of nitrogens with one attached hydrogen (secondary N) is 4. The number of thiazole rings is 1. The van der Waals surface area contributed by atoms with Gasteiger partial charge in [-0.1, -0.05) is 11.3 Å². The molecule has 0 aliphatic heterocycles. The zero-order valence-electron chi connectivity index (χ0n) is 12.8. The van der Waals surface area contributed by atoms with Crippen molar-refractivity contribution in [3.8, 4) is 0 Å². The number of nitrogens with zero attached hydrogens (tertiary/aromatic N) is 1. The van der Waals surface area contributed by atoms with Crippen LogP contribution >= 0.6 is 23.6 Å². The van der Waals surface area contributed by atoms with Gasteiger partial charge in [-0.25, -0.2) is 9.37 Å². The number of anilines is 2. The summed E-state index contributed by atoms with van der Waals surface area (Å²) in [6, 6.07) is 5.60. The van der Waals surface area contributed by atoms with E-state index in [-0.39, 0.29) is 16.8 Å². The van der Waals surface area contributed by atoms with Crippen LogP contribution in [0.2, 0.25) is 0 Å². The first kappa shape index (κ1) is 17.8. The largest absolute Gasteiger partial charge is 0.331 e. The summed E-state index contributed by atoms with van der Waals surface area (Å²) >= 11 is 6.09. The molecule has 0 saturated carbocycles. The van der Waals surface area contributed by atoms with Crippen molar-refractivity contribution in [2.24, 2.45) is 0 Å². The summed E-state index contributed by atoms with van der Waals surface area (Å²) in [5, 5.41) is 5.80. The second kappa shape index (κ2) is 7.79. The Kier molecular flexibility index (Phi) is 5.77. The van der Waals surface area contributed by atoms with Crippen molar-refractivity contribution in [3.05, 3.63) is 40.7 Å². The summed E-state index contributed by atoms with van der Waals surface area (Å²) in [6.45, 7) is 3.02. The van der Waals surface area contributed by atoms with Crippen LogP contribution in [0.3, 0.4) is 0 Å². The van der Waals surface area contributed by atoms with E-state index in [0.717, 1.165) is 11.3 Å². The third-order valence-electron chi connectivity index (χ3n) is 2.68. The summed E-state index contributed by atoms with van der Waals surface area (Å²) in [7, 11) is 0. The van der Waals surface area contributed by atoms with Gasteiger partial charge in [-0.3, -0.25) is 20.4 Å². The van der Waals surface area contributed by atoms with Crippen LogP contribution in [0.1, 0.15) is 22.3 Å². The maximum absolute atomic E-state index is 12.8. The number of hydrogen-bond acceptors (Lipinski definition) is 5. The van der Waals surface area contributed by atoms with E-state index in [1.165, 1.54) is 31.2 Å². The Labute approximate surface area is 146 Å². The maximum Gasteiger partial charge on any atom is 0.281 e. The van der Waals surface area contributed by atoms with Crippen LogP contribution in [0.5, 0.6) is 0 Å². The average Bonchev–Trinajstić information content (AvgIpc) is 2.87. The first-order valence-electron chi connectivity index (χ1n) is 6.73. The summed E-state index contributed by atoms with van der Waals surface area (Å²) in [4.78, 5) is 27.6. The van der Waals surface area contributed by atoms with Gasteiger partial charge in [-0.05, 0) is 43.4 Å².